The molecule has 0 aliphatic heterocycles. The maximum Gasteiger partial charge on any atom is 0.270 e. The molecule has 0 saturated heterocycles. The fourth-order valence-electron chi connectivity index (χ4n) is 1.96. The number of rotatable bonds is 5. The molecule has 21 heavy (non-hydrogen) atoms. The summed E-state index contributed by atoms with van der Waals surface area (Å²) in [5.41, 5.74) is 6.52. The van der Waals surface area contributed by atoms with Crippen molar-refractivity contribution in [2.45, 2.75) is 13.3 Å². The monoisotopic (exact) mass is 287 g/mol. The largest absolute Gasteiger partial charge is 0.364 e. The Bertz CT molecular complexity index is 646. The van der Waals surface area contributed by atoms with E-state index in [1.807, 2.05) is 6.92 Å². The minimum absolute atomic E-state index is 0.0289. The number of amides is 2. The summed E-state index contributed by atoms with van der Waals surface area (Å²) in [6, 6.07) is 8.41. The van der Waals surface area contributed by atoms with Crippen LogP contribution in [0.2, 0.25) is 0 Å². The summed E-state index contributed by atoms with van der Waals surface area (Å²) < 4.78 is 5.05. The van der Waals surface area contributed by atoms with E-state index in [9.17, 15) is 9.59 Å². The van der Waals surface area contributed by atoms with E-state index in [0.717, 1.165) is 12.0 Å². The molecule has 6 heteroatoms. The first-order valence-electron chi connectivity index (χ1n) is 6.65. The molecule has 0 saturated carbocycles. The standard InChI is InChI=1S/C15H17N3O3/c1-3-8-18(2)15(20)11-6-4-10(5-7-11)13-9-12(14(16)19)17-21-13/h4-7,9H,3,8H2,1-2H3,(H2,16,19). The Balaban J connectivity index is 2.18. The summed E-state index contributed by atoms with van der Waals surface area (Å²) >= 11 is 0. The van der Waals surface area contributed by atoms with Crippen LogP contribution in [-0.4, -0.2) is 35.5 Å². The molecular formula is C15H17N3O3. The summed E-state index contributed by atoms with van der Waals surface area (Å²) in [5.74, 6) is -0.235. The average molecular weight is 287 g/mol. The van der Waals surface area contributed by atoms with Gasteiger partial charge in [-0.3, -0.25) is 9.59 Å². The highest BCUT2D eigenvalue weighted by molar-refractivity contribution is 5.94. The predicted molar refractivity (Wildman–Crippen MR) is 77.7 cm³/mol. The molecule has 2 amide bonds. The third kappa shape index (κ3) is 3.28. The summed E-state index contributed by atoms with van der Waals surface area (Å²) in [4.78, 5) is 24.8. The Kier molecular flexibility index (Phi) is 4.37. The van der Waals surface area contributed by atoms with Crippen LogP contribution in [-0.2, 0) is 0 Å². The molecule has 0 unspecified atom stereocenters. The number of aromatic nitrogens is 1. The van der Waals surface area contributed by atoms with E-state index in [-0.39, 0.29) is 11.6 Å². The zero-order valence-electron chi connectivity index (χ0n) is 12.0. The molecule has 6 nitrogen and oxygen atoms in total. The van der Waals surface area contributed by atoms with Gasteiger partial charge >= 0.3 is 0 Å². The van der Waals surface area contributed by atoms with Gasteiger partial charge in [0.05, 0.1) is 0 Å². The van der Waals surface area contributed by atoms with Crippen molar-refractivity contribution in [3.05, 3.63) is 41.6 Å². The van der Waals surface area contributed by atoms with Crippen LogP contribution >= 0.6 is 0 Å². The van der Waals surface area contributed by atoms with Crippen molar-refractivity contribution in [3.8, 4) is 11.3 Å². The molecule has 0 radical (unpaired) electrons. The Morgan fingerprint density at radius 3 is 2.48 bits per heavy atom. The van der Waals surface area contributed by atoms with Gasteiger partial charge in [0, 0.05) is 30.8 Å². The van der Waals surface area contributed by atoms with E-state index < -0.39 is 5.91 Å². The second-order valence-corrected chi connectivity index (χ2v) is 4.74. The van der Waals surface area contributed by atoms with Crippen LogP contribution in [0.3, 0.4) is 0 Å². The number of hydrogen-bond acceptors (Lipinski definition) is 4. The summed E-state index contributed by atoms with van der Waals surface area (Å²) in [5, 5.41) is 3.58. The lowest BCUT2D eigenvalue weighted by molar-refractivity contribution is 0.0795. The van der Waals surface area contributed by atoms with Gasteiger partial charge in [-0.1, -0.05) is 24.2 Å². The first-order valence-corrected chi connectivity index (χ1v) is 6.65. The van der Waals surface area contributed by atoms with Crippen LogP contribution in [0.25, 0.3) is 11.3 Å². The van der Waals surface area contributed by atoms with Gasteiger partial charge < -0.3 is 15.2 Å². The van der Waals surface area contributed by atoms with Gasteiger partial charge in [0.25, 0.3) is 11.8 Å². The number of carbonyl (C=O) groups is 2. The average Bonchev–Trinajstić information content (AvgIpc) is 2.97. The molecular weight excluding hydrogens is 270 g/mol. The number of hydrogen-bond donors (Lipinski definition) is 1. The van der Waals surface area contributed by atoms with E-state index >= 15 is 0 Å². The molecule has 0 atom stereocenters. The van der Waals surface area contributed by atoms with Crippen LogP contribution in [0, 0.1) is 0 Å². The number of primary amides is 1. The Morgan fingerprint density at radius 1 is 1.29 bits per heavy atom. The predicted octanol–water partition coefficient (Wildman–Crippen LogP) is 1.92. The molecule has 2 N–H and O–H groups in total. The molecule has 0 aliphatic carbocycles. The molecule has 2 aromatic rings. The van der Waals surface area contributed by atoms with Crippen LogP contribution in [0.4, 0.5) is 0 Å². The SMILES string of the molecule is CCCN(C)C(=O)c1ccc(-c2cc(C(N)=O)no2)cc1. The second kappa shape index (κ2) is 6.21. The van der Waals surface area contributed by atoms with Crippen LogP contribution in [0.15, 0.2) is 34.9 Å². The fraction of sp³-hybridized carbons (Fsp3) is 0.267. The van der Waals surface area contributed by atoms with Crippen molar-refractivity contribution < 1.29 is 14.1 Å². The Morgan fingerprint density at radius 2 is 1.95 bits per heavy atom. The molecule has 0 bridgehead atoms. The highest BCUT2D eigenvalue weighted by Crippen LogP contribution is 2.21. The third-order valence-corrected chi connectivity index (χ3v) is 3.08. The molecule has 2 rings (SSSR count). The number of carbonyl (C=O) groups excluding carboxylic acids is 2. The van der Waals surface area contributed by atoms with Gasteiger partial charge in [0.1, 0.15) is 0 Å². The summed E-state index contributed by atoms with van der Waals surface area (Å²) in [6.45, 7) is 2.73. The molecule has 1 heterocycles. The highest BCUT2D eigenvalue weighted by Gasteiger charge is 2.13. The molecule has 110 valence electrons. The second-order valence-electron chi connectivity index (χ2n) is 4.74. The Hall–Kier alpha value is -2.63. The molecule has 1 aromatic carbocycles. The molecule has 0 spiro atoms. The van der Waals surface area contributed by atoms with Gasteiger partial charge in [-0.15, -0.1) is 0 Å². The van der Waals surface area contributed by atoms with Gasteiger partial charge in [-0.2, -0.15) is 0 Å². The van der Waals surface area contributed by atoms with Gasteiger partial charge in [-0.25, -0.2) is 0 Å². The van der Waals surface area contributed by atoms with E-state index in [4.69, 9.17) is 10.3 Å². The van der Waals surface area contributed by atoms with Gasteiger partial charge in [-0.05, 0) is 18.6 Å². The normalized spacial score (nSPS) is 10.4. The van der Waals surface area contributed by atoms with Crippen molar-refractivity contribution in [1.82, 2.24) is 10.1 Å². The lowest BCUT2D eigenvalue weighted by Crippen LogP contribution is -2.27. The van der Waals surface area contributed by atoms with Crippen molar-refractivity contribution in [2.24, 2.45) is 5.73 Å². The van der Waals surface area contributed by atoms with Crippen molar-refractivity contribution in [2.75, 3.05) is 13.6 Å². The van der Waals surface area contributed by atoms with Crippen LogP contribution in [0.1, 0.15) is 34.2 Å². The molecule has 0 fully saturated rings. The minimum atomic E-state index is -0.641. The maximum absolute atomic E-state index is 12.1. The number of nitrogens with two attached hydrogens (primary N) is 1. The minimum Gasteiger partial charge on any atom is -0.364 e. The fourth-order valence-corrected chi connectivity index (χ4v) is 1.96. The summed E-state index contributed by atoms with van der Waals surface area (Å²) in [7, 11) is 1.77. The maximum atomic E-state index is 12.1. The van der Waals surface area contributed by atoms with E-state index in [1.165, 1.54) is 6.07 Å². The summed E-state index contributed by atoms with van der Waals surface area (Å²) in [6.07, 6.45) is 0.911. The third-order valence-electron chi connectivity index (χ3n) is 3.08. The topological polar surface area (TPSA) is 89.4 Å². The van der Waals surface area contributed by atoms with Gasteiger partial charge in [0.2, 0.25) is 0 Å². The zero-order valence-corrected chi connectivity index (χ0v) is 12.0. The highest BCUT2D eigenvalue weighted by atomic mass is 16.5. The van der Waals surface area contributed by atoms with Crippen LogP contribution < -0.4 is 5.73 Å². The van der Waals surface area contributed by atoms with Crippen molar-refractivity contribution >= 4 is 11.8 Å². The lowest BCUT2D eigenvalue weighted by atomic mass is 10.1. The Labute approximate surface area is 122 Å². The zero-order chi connectivity index (χ0) is 15.4. The molecule has 1 aromatic heterocycles. The van der Waals surface area contributed by atoms with Crippen molar-refractivity contribution in [1.29, 1.82) is 0 Å². The van der Waals surface area contributed by atoms with Gasteiger partial charge in [0.15, 0.2) is 11.5 Å². The van der Waals surface area contributed by atoms with E-state index in [2.05, 4.69) is 5.16 Å². The quantitative estimate of drug-likeness (QED) is 0.909. The first-order chi connectivity index (χ1) is 10.0. The van der Waals surface area contributed by atoms with Crippen LogP contribution in [0.5, 0.6) is 0 Å². The van der Waals surface area contributed by atoms with Crippen molar-refractivity contribution in [3.63, 3.8) is 0 Å². The first kappa shape index (κ1) is 14.8. The van der Waals surface area contributed by atoms with E-state index in [1.54, 1.807) is 36.2 Å². The molecule has 0 aliphatic rings. The number of nitrogens with zero attached hydrogens (tertiary/aromatic N) is 2. The lowest BCUT2D eigenvalue weighted by Gasteiger charge is -2.15. The van der Waals surface area contributed by atoms with E-state index in [0.29, 0.717) is 17.9 Å². The smallest absolute Gasteiger partial charge is 0.270 e. The number of benzene rings is 1.